The first-order valence-electron chi connectivity index (χ1n) is 6.55. The normalized spacial score (nSPS) is 17.1. The van der Waals surface area contributed by atoms with Crippen LogP contribution in [-0.4, -0.2) is 36.5 Å². The van der Waals surface area contributed by atoms with Gasteiger partial charge in [0.05, 0.1) is 12.7 Å². The lowest BCUT2D eigenvalue weighted by molar-refractivity contribution is 0.0361. The first-order chi connectivity index (χ1) is 7.58. The van der Waals surface area contributed by atoms with E-state index < -0.39 is 0 Å². The van der Waals surface area contributed by atoms with Crippen LogP contribution in [0.15, 0.2) is 0 Å². The molecular weight excluding hydrogens is 202 g/mol. The Labute approximate surface area is 101 Å². The van der Waals surface area contributed by atoms with Crippen molar-refractivity contribution in [3.8, 4) is 0 Å². The molecule has 3 heteroatoms. The van der Waals surface area contributed by atoms with Crippen molar-refractivity contribution in [1.29, 1.82) is 0 Å². The van der Waals surface area contributed by atoms with Crippen molar-refractivity contribution in [3.63, 3.8) is 0 Å². The molecule has 0 rings (SSSR count). The van der Waals surface area contributed by atoms with E-state index in [-0.39, 0.29) is 12.1 Å². The van der Waals surface area contributed by atoms with Gasteiger partial charge in [-0.3, -0.25) is 0 Å². The summed E-state index contributed by atoms with van der Waals surface area (Å²) in [7, 11) is 0. The van der Waals surface area contributed by atoms with Crippen LogP contribution in [0, 0.1) is 0 Å². The number of hydrogen-bond acceptors (Lipinski definition) is 3. The Morgan fingerprint density at radius 2 is 2.00 bits per heavy atom. The molecule has 0 saturated carbocycles. The van der Waals surface area contributed by atoms with Crippen LogP contribution < -0.4 is 5.32 Å². The molecule has 0 radical (unpaired) electrons. The summed E-state index contributed by atoms with van der Waals surface area (Å²) in [6, 6.07) is 0. The molecule has 0 aliphatic rings. The quantitative estimate of drug-likeness (QED) is 0.606. The van der Waals surface area contributed by atoms with Crippen LogP contribution in [-0.2, 0) is 4.74 Å². The van der Waals surface area contributed by atoms with Crippen LogP contribution in [0.3, 0.4) is 0 Å². The van der Waals surface area contributed by atoms with Gasteiger partial charge in [0.1, 0.15) is 0 Å². The van der Waals surface area contributed by atoms with Gasteiger partial charge in [-0.2, -0.15) is 0 Å². The predicted molar refractivity (Wildman–Crippen MR) is 68.7 cm³/mol. The zero-order valence-electron chi connectivity index (χ0n) is 11.4. The molecule has 2 unspecified atom stereocenters. The lowest BCUT2D eigenvalue weighted by atomic mass is 9.99. The summed E-state index contributed by atoms with van der Waals surface area (Å²) >= 11 is 0. The van der Waals surface area contributed by atoms with Crippen molar-refractivity contribution >= 4 is 0 Å². The van der Waals surface area contributed by atoms with Gasteiger partial charge in [0.2, 0.25) is 0 Å². The van der Waals surface area contributed by atoms with Gasteiger partial charge in [0.25, 0.3) is 0 Å². The maximum absolute atomic E-state index is 9.36. The van der Waals surface area contributed by atoms with Crippen molar-refractivity contribution in [1.82, 2.24) is 5.32 Å². The average molecular weight is 231 g/mol. The summed E-state index contributed by atoms with van der Waals surface area (Å²) in [5.41, 5.74) is -0.193. The van der Waals surface area contributed by atoms with E-state index in [1.807, 2.05) is 0 Å². The topological polar surface area (TPSA) is 41.5 Å². The third kappa shape index (κ3) is 7.20. The fraction of sp³-hybridized carbons (Fsp3) is 1.00. The van der Waals surface area contributed by atoms with Crippen LogP contribution in [0.1, 0.15) is 53.4 Å². The molecule has 0 aromatic rings. The highest BCUT2D eigenvalue weighted by molar-refractivity contribution is 4.81. The maximum Gasteiger partial charge on any atom is 0.0611 e. The van der Waals surface area contributed by atoms with Gasteiger partial charge in [-0.15, -0.1) is 0 Å². The van der Waals surface area contributed by atoms with E-state index in [2.05, 4.69) is 33.0 Å². The third-order valence-electron chi connectivity index (χ3n) is 2.90. The summed E-state index contributed by atoms with van der Waals surface area (Å²) in [4.78, 5) is 0. The van der Waals surface area contributed by atoms with Crippen molar-refractivity contribution in [2.24, 2.45) is 0 Å². The molecule has 0 aromatic carbocycles. The SMILES string of the molecule is CCCNC(C)(CO)CCOC(C)CCC. The number of ether oxygens (including phenoxy) is 1. The Morgan fingerprint density at radius 1 is 1.31 bits per heavy atom. The molecule has 0 amide bonds. The minimum Gasteiger partial charge on any atom is -0.394 e. The lowest BCUT2D eigenvalue weighted by Crippen LogP contribution is -2.47. The minimum atomic E-state index is -0.193. The highest BCUT2D eigenvalue weighted by Gasteiger charge is 2.21. The molecule has 98 valence electrons. The Bertz CT molecular complexity index is 164. The second-order valence-corrected chi connectivity index (χ2v) is 4.87. The third-order valence-corrected chi connectivity index (χ3v) is 2.90. The zero-order valence-corrected chi connectivity index (χ0v) is 11.4. The largest absolute Gasteiger partial charge is 0.394 e. The van der Waals surface area contributed by atoms with Crippen molar-refractivity contribution in [2.45, 2.75) is 65.0 Å². The van der Waals surface area contributed by atoms with E-state index in [1.165, 1.54) is 0 Å². The number of rotatable bonds is 10. The van der Waals surface area contributed by atoms with Crippen molar-refractivity contribution in [2.75, 3.05) is 19.8 Å². The van der Waals surface area contributed by atoms with Gasteiger partial charge in [0, 0.05) is 12.1 Å². The Kier molecular flexibility index (Phi) is 8.90. The summed E-state index contributed by atoms with van der Waals surface area (Å²) in [5, 5.41) is 12.7. The molecule has 3 nitrogen and oxygen atoms in total. The molecule has 16 heavy (non-hydrogen) atoms. The molecule has 0 spiro atoms. The number of aliphatic hydroxyl groups excluding tert-OH is 1. The summed E-state index contributed by atoms with van der Waals surface area (Å²) in [5.74, 6) is 0. The van der Waals surface area contributed by atoms with E-state index in [9.17, 15) is 5.11 Å². The van der Waals surface area contributed by atoms with Gasteiger partial charge in [-0.1, -0.05) is 20.3 Å². The number of aliphatic hydroxyl groups is 1. The summed E-state index contributed by atoms with van der Waals surface area (Å²) < 4.78 is 5.71. The Balaban J connectivity index is 3.76. The molecule has 0 fully saturated rings. The lowest BCUT2D eigenvalue weighted by Gasteiger charge is -2.29. The second kappa shape index (κ2) is 8.97. The average Bonchev–Trinajstić information content (AvgIpc) is 2.27. The molecule has 0 bridgehead atoms. The molecular formula is C13H29NO2. The molecule has 0 heterocycles. The van der Waals surface area contributed by atoms with E-state index >= 15 is 0 Å². The van der Waals surface area contributed by atoms with Crippen LogP contribution in [0.5, 0.6) is 0 Å². The molecule has 0 aliphatic carbocycles. The maximum atomic E-state index is 9.36. The van der Waals surface area contributed by atoms with Gasteiger partial charge in [-0.25, -0.2) is 0 Å². The monoisotopic (exact) mass is 231 g/mol. The van der Waals surface area contributed by atoms with E-state index in [1.54, 1.807) is 0 Å². The van der Waals surface area contributed by atoms with Gasteiger partial charge < -0.3 is 15.2 Å². The van der Waals surface area contributed by atoms with E-state index in [4.69, 9.17) is 4.74 Å². The van der Waals surface area contributed by atoms with Crippen LogP contribution in [0.4, 0.5) is 0 Å². The first-order valence-corrected chi connectivity index (χ1v) is 6.55. The van der Waals surface area contributed by atoms with E-state index in [0.29, 0.717) is 6.10 Å². The fourth-order valence-corrected chi connectivity index (χ4v) is 1.63. The highest BCUT2D eigenvalue weighted by Crippen LogP contribution is 2.10. The van der Waals surface area contributed by atoms with Gasteiger partial charge in [0.15, 0.2) is 0 Å². The van der Waals surface area contributed by atoms with Gasteiger partial charge in [-0.05, 0) is 39.7 Å². The van der Waals surface area contributed by atoms with Crippen LogP contribution in [0.2, 0.25) is 0 Å². The standard InChI is InChI=1S/C13H29NO2/c1-5-7-12(3)16-10-8-13(4,11-15)14-9-6-2/h12,14-15H,5-11H2,1-4H3. The minimum absolute atomic E-state index is 0.165. The first kappa shape index (κ1) is 15.9. The molecule has 0 aromatic heterocycles. The fourth-order valence-electron chi connectivity index (χ4n) is 1.63. The zero-order chi connectivity index (χ0) is 12.4. The predicted octanol–water partition coefficient (Wildman–Crippen LogP) is 2.33. The van der Waals surface area contributed by atoms with Crippen molar-refractivity contribution < 1.29 is 9.84 Å². The molecule has 0 aliphatic heterocycles. The Hall–Kier alpha value is -0.120. The Morgan fingerprint density at radius 3 is 2.50 bits per heavy atom. The summed E-state index contributed by atoms with van der Waals surface area (Å²) in [6.45, 7) is 10.3. The molecule has 2 N–H and O–H groups in total. The second-order valence-electron chi connectivity index (χ2n) is 4.87. The van der Waals surface area contributed by atoms with Gasteiger partial charge >= 0.3 is 0 Å². The smallest absolute Gasteiger partial charge is 0.0611 e. The number of nitrogens with one attached hydrogen (secondary N) is 1. The van der Waals surface area contributed by atoms with Crippen molar-refractivity contribution in [3.05, 3.63) is 0 Å². The highest BCUT2D eigenvalue weighted by atomic mass is 16.5. The van der Waals surface area contributed by atoms with Crippen LogP contribution in [0.25, 0.3) is 0 Å². The molecule has 2 atom stereocenters. The number of hydrogen-bond donors (Lipinski definition) is 2. The van der Waals surface area contributed by atoms with E-state index in [0.717, 1.165) is 38.8 Å². The van der Waals surface area contributed by atoms with Crippen LogP contribution >= 0.6 is 0 Å². The molecule has 0 saturated heterocycles. The summed E-state index contributed by atoms with van der Waals surface area (Å²) in [6.07, 6.45) is 4.55.